The van der Waals surface area contributed by atoms with Crippen LogP contribution in [-0.2, 0) is 6.18 Å². The molecule has 0 saturated carbocycles. The van der Waals surface area contributed by atoms with Gasteiger partial charge in [-0.25, -0.2) is 0 Å². The molecule has 0 nitrogen and oxygen atoms in total. The van der Waals surface area contributed by atoms with Crippen LogP contribution in [0.25, 0.3) is 11.1 Å². The van der Waals surface area contributed by atoms with Gasteiger partial charge in [-0.15, -0.1) is 0 Å². The summed E-state index contributed by atoms with van der Waals surface area (Å²) in [5, 5.41) is 0.498. The summed E-state index contributed by atoms with van der Waals surface area (Å²) in [6, 6.07) is 5.83. The smallest absolute Gasteiger partial charge is 0.166 e. The Kier molecular flexibility index (Phi) is 4.45. The summed E-state index contributed by atoms with van der Waals surface area (Å²) in [5.74, 6) is 0. The summed E-state index contributed by atoms with van der Waals surface area (Å²) in [6.45, 7) is 0. The third-order valence-electron chi connectivity index (χ3n) is 2.59. The van der Waals surface area contributed by atoms with Gasteiger partial charge in [0.15, 0.2) is 0 Å². The second-order valence-electron chi connectivity index (χ2n) is 3.93. The quantitative estimate of drug-likeness (QED) is 0.481. The van der Waals surface area contributed by atoms with Gasteiger partial charge >= 0.3 is 6.18 Å². The first-order chi connectivity index (χ1) is 9.20. The summed E-state index contributed by atoms with van der Waals surface area (Å²) in [6.07, 6.45) is -4.53. The maximum atomic E-state index is 13.0. The monoisotopic (exact) mass is 358 g/mol. The third-order valence-corrected chi connectivity index (χ3v) is 3.86. The fourth-order valence-corrected chi connectivity index (χ4v) is 2.54. The topological polar surface area (TPSA) is 0 Å². The molecule has 0 aliphatic heterocycles. The molecule has 0 aromatic heterocycles. The fraction of sp³-hybridized carbons (Fsp3) is 0.0769. The van der Waals surface area contributed by atoms with Gasteiger partial charge in [0.2, 0.25) is 0 Å². The van der Waals surface area contributed by atoms with E-state index in [-0.39, 0.29) is 31.2 Å². The van der Waals surface area contributed by atoms with E-state index < -0.39 is 11.7 Å². The molecule has 0 aliphatic carbocycles. The molecule has 2 rings (SSSR count). The largest absolute Gasteiger partial charge is 0.417 e. The van der Waals surface area contributed by atoms with E-state index in [9.17, 15) is 13.2 Å². The van der Waals surface area contributed by atoms with Gasteiger partial charge < -0.3 is 0 Å². The maximum absolute atomic E-state index is 13.0. The number of halogens is 7. The van der Waals surface area contributed by atoms with Crippen molar-refractivity contribution in [3.63, 3.8) is 0 Å². The van der Waals surface area contributed by atoms with Crippen LogP contribution < -0.4 is 0 Å². The van der Waals surface area contributed by atoms with Crippen molar-refractivity contribution in [3.8, 4) is 11.1 Å². The molecular formula is C13H5Cl4F3. The lowest BCUT2D eigenvalue weighted by Crippen LogP contribution is -2.07. The summed E-state index contributed by atoms with van der Waals surface area (Å²) < 4.78 is 39.1. The SMILES string of the molecule is FC(F)(F)c1ccc(Cl)cc1-c1cc(Cl)c(Cl)cc1Cl. The Labute approximate surface area is 133 Å². The minimum atomic E-state index is -4.53. The van der Waals surface area contributed by atoms with E-state index >= 15 is 0 Å². The van der Waals surface area contributed by atoms with Crippen molar-refractivity contribution >= 4 is 46.4 Å². The first-order valence-electron chi connectivity index (χ1n) is 5.22. The zero-order valence-electron chi connectivity index (χ0n) is 9.53. The molecular weight excluding hydrogens is 355 g/mol. The van der Waals surface area contributed by atoms with Crippen molar-refractivity contribution < 1.29 is 13.2 Å². The molecule has 0 aliphatic rings. The van der Waals surface area contributed by atoms with Crippen LogP contribution in [0.1, 0.15) is 5.56 Å². The second kappa shape index (κ2) is 5.64. The highest BCUT2D eigenvalue weighted by Gasteiger charge is 2.34. The van der Waals surface area contributed by atoms with Gasteiger partial charge in [-0.1, -0.05) is 46.4 Å². The van der Waals surface area contributed by atoms with E-state index in [0.29, 0.717) is 0 Å². The van der Waals surface area contributed by atoms with Crippen LogP contribution in [0.5, 0.6) is 0 Å². The molecule has 2 aromatic carbocycles. The van der Waals surface area contributed by atoms with Gasteiger partial charge in [-0.05, 0) is 35.9 Å². The maximum Gasteiger partial charge on any atom is 0.417 e. The van der Waals surface area contributed by atoms with Crippen molar-refractivity contribution in [2.24, 2.45) is 0 Å². The molecule has 0 N–H and O–H groups in total. The predicted molar refractivity (Wildman–Crippen MR) is 76.9 cm³/mol. The van der Waals surface area contributed by atoms with Gasteiger partial charge in [0.25, 0.3) is 0 Å². The van der Waals surface area contributed by atoms with Gasteiger partial charge in [0.05, 0.1) is 15.6 Å². The molecule has 0 amide bonds. The van der Waals surface area contributed by atoms with Gasteiger partial charge in [-0.3, -0.25) is 0 Å². The molecule has 0 atom stereocenters. The number of alkyl halides is 3. The molecule has 0 saturated heterocycles. The van der Waals surface area contributed by atoms with E-state index in [1.165, 1.54) is 24.3 Å². The van der Waals surface area contributed by atoms with E-state index in [1.54, 1.807) is 0 Å². The summed E-state index contributed by atoms with van der Waals surface area (Å²) >= 11 is 23.3. The minimum Gasteiger partial charge on any atom is -0.166 e. The Morgan fingerprint density at radius 1 is 0.700 bits per heavy atom. The average molecular weight is 360 g/mol. The molecule has 7 heteroatoms. The second-order valence-corrected chi connectivity index (χ2v) is 5.59. The molecule has 0 unspecified atom stereocenters. The summed E-state index contributed by atoms with van der Waals surface area (Å²) in [5.41, 5.74) is -0.869. The Balaban J connectivity index is 2.75. The van der Waals surface area contributed by atoms with E-state index in [1.807, 2.05) is 0 Å². The molecule has 0 heterocycles. The standard InChI is InChI=1S/C13H5Cl4F3/c14-6-1-2-9(13(18,19)20)7(3-6)8-4-11(16)12(17)5-10(8)15/h1-5H. The summed E-state index contributed by atoms with van der Waals surface area (Å²) in [7, 11) is 0. The lowest BCUT2D eigenvalue weighted by Gasteiger charge is -2.15. The van der Waals surface area contributed by atoms with Gasteiger partial charge in [-0.2, -0.15) is 13.2 Å². The normalized spacial score (nSPS) is 11.8. The van der Waals surface area contributed by atoms with Crippen molar-refractivity contribution in [2.75, 3.05) is 0 Å². The van der Waals surface area contributed by atoms with Crippen LogP contribution in [0.4, 0.5) is 13.2 Å². The van der Waals surface area contributed by atoms with Crippen LogP contribution in [0.2, 0.25) is 20.1 Å². The van der Waals surface area contributed by atoms with E-state index in [0.717, 1.165) is 6.07 Å². The Morgan fingerprint density at radius 2 is 1.30 bits per heavy atom. The molecule has 0 radical (unpaired) electrons. The molecule has 0 fully saturated rings. The van der Waals surface area contributed by atoms with Gasteiger partial charge in [0, 0.05) is 15.6 Å². The number of hydrogen-bond donors (Lipinski definition) is 0. The highest BCUT2D eigenvalue weighted by molar-refractivity contribution is 6.44. The number of rotatable bonds is 1. The zero-order chi connectivity index (χ0) is 15.1. The fourth-order valence-electron chi connectivity index (χ4n) is 1.72. The van der Waals surface area contributed by atoms with E-state index in [2.05, 4.69) is 0 Å². The van der Waals surface area contributed by atoms with Crippen LogP contribution in [0, 0.1) is 0 Å². The Hall–Kier alpha value is -0.610. The highest BCUT2D eigenvalue weighted by atomic mass is 35.5. The lowest BCUT2D eigenvalue weighted by atomic mass is 9.99. The number of hydrogen-bond acceptors (Lipinski definition) is 0. The highest BCUT2D eigenvalue weighted by Crippen LogP contribution is 2.42. The number of benzene rings is 2. The predicted octanol–water partition coefficient (Wildman–Crippen LogP) is 6.99. The third kappa shape index (κ3) is 3.17. The Morgan fingerprint density at radius 3 is 1.90 bits per heavy atom. The van der Waals surface area contributed by atoms with E-state index in [4.69, 9.17) is 46.4 Å². The van der Waals surface area contributed by atoms with Crippen molar-refractivity contribution in [3.05, 3.63) is 56.0 Å². The molecule has 0 spiro atoms. The van der Waals surface area contributed by atoms with Crippen molar-refractivity contribution in [1.29, 1.82) is 0 Å². The Bertz CT molecular complexity index is 665. The molecule has 2 aromatic rings. The summed E-state index contributed by atoms with van der Waals surface area (Å²) in [4.78, 5) is 0. The van der Waals surface area contributed by atoms with Crippen LogP contribution >= 0.6 is 46.4 Å². The first-order valence-corrected chi connectivity index (χ1v) is 6.73. The minimum absolute atomic E-state index is 0.0622. The average Bonchev–Trinajstić information content (AvgIpc) is 2.32. The van der Waals surface area contributed by atoms with Crippen molar-refractivity contribution in [1.82, 2.24) is 0 Å². The van der Waals surface area contributed by atoms with Gasteiger partial charge in [0.1, 0.15) is 0 Å². The lowest BCUT2D eigenvalue weighted by molar-refractivity contribution is -0.137. The van der Waals surface area contributed by atoms with Crippen LogP contribution in [0.15, 0.2) is 30.3 Å². The molecule has 0 bridgehead atoms. The van der Waals surface area contributed by atoms with Crippen LogP contribution in [-0.4, -0.2) is 0 Å². The molecule has 106 valence electrons. The zero-order valence-corrected chi connectivity index (χ0v) is 12.6. The molecule has 20 heavy (non-hydrogen) atoms. The van der Waals surface area contributed by atoms with Crippen molar-refractivity contribution in [2.45, 2.75) is 6.18 Å². The van der Waals surface area contributed by atoms with Crippen LogP contribution in [0.3, 0.4) is 0 Å². The first kappa shape index (κ1) is 15.8.